The molecule has 2 aromatic carbocycles. The number of aromatic amines is 1. The Labute approximate surface area is 166 Å². The average Bonchev–Trinajstić information content (AvgIpc) is 2.71. The number of fused-ring (bicyclic) bond motifs is 1. The van der Waals surface area contributed by atoms with E-state index in [0.29, 0.717) is 47.4 Å². The summed E-state index contributed by atoms with van der Waals surface area (Å²) in [5, 5.41) is 19.3. The lowest BCUT2D eigenvalue weighted by Crippen LogP contribution is -2.45. The minimum Gasteiger partial charge on any atom is -0.385 e. The van der Waals surface area contributed by atoms with E-state index < -0.39 is 5.60 Å². The highest BCUT2D eigenvalue weighted by atomic mass is 35.5. The van der Waals surface area contributed by atoms with Crippen molar-refractivity contribution >= 4 is 28.3 Å². The predicted molar refractivity (Wildman–Crippen MR) is 107 cm³/mol. The fraction of sp³-hybridized carbons (Fsp3) is 0.286. The van der Waals surface area contributed by atoms with Gasteiger partial charge in [-0.1, -0.05) is 41.9 Å². The van der Waals surface area contributed by atoms with Crippen LogP contribution in [-0.2, 0) is 16.8 Å². The Bertz CT molecular complexity index is 1070. The van der Waals surface area contributed by atoms with Crippen molar-refractivity contribution < 1.29 is 9.90 Å². The summed E-state index contributed by atoms with van der Waals surface area (Å²) in [5.74, 6) is -0.0668. The van der Waals surface area contributed by atoms with E-state index in [1.165, 1.54) is 0 Å². The molecule has 0 atom stereocenters. The monoisotopic (exact) mass is 397 g/mol. The first-order chi connectivity index (χ1) is 13.5. The third-order valence-electron chi connectivity index (χ3n) is 5.42. The molecule has 6 nitrogen and oxygen atoms in total. The number of rotatable bonds is 3. The van der Waals surface area contributed by atoms with Gasteiger partial charge in [0.1, 0.15) is 0 Å². The molecule has 2 heterocycles. The topological polar surface area (TPSA) is 86.3 Å². The highest BCUT2D eigenvalue weighted by molar-refractivity contribution is 6.30. The number of benzene rings is 2. The number of aromatic nitrogens is 2. The third-order valence-corrected chi connectivity index (χ3v) is 5.67. The van der Waals surface area contributed by atoms with E-state index in [9.17, 15) is 14.7 Å². The molecule has 28 heavy (non-hydrogen) atoms. The molecule has 0 aliphatic carbocycles. The van der Waals surface area contributed by atoms with E-state index in [1.807, 2.05) is 18.2 Å². The van der Waals surface area contributed by atoms with Gasteiger partial charge in [-0.25, -0.2) is 5.10 Å². The largest absolute Gasteiger partial charge is 0.385 e. The van der Waals surface area contributed by atoms with Crippen molar-refractivity contribution in [2.24, 2.45) is 0 Å². The fourth-order valence-electron chi connectivity index (χ4n) is 3.74. The fourth-order valence-corrected chi connectivity index (χ4v) is 3.86. The summed E-state index contributed by atoms with van der Waals surface area (Å²) in [6.45, 7) is 0.915. The summed E-state index contributed by atoms with van der Waals surface area (Å²) in [4.78, 5) is 26.4. The maximum Gasteiger partial charge on any atom is 0.272 e. The van der Waals surface area contributed by atoms with Gasteiger partial charge in [0.2, 0.25) is 5.91 Å². The van der Waals surface area contributed by atoms with Crippen LogP contribution in [0.4, 0.5) is 0 Å². The lowest BCUT2D eigenvalue weighted by atomic mass is 9.84. The molecule has 0 spiro atoms. The summed E-state index contributed by atoms with van der Waals surface area (Å²) < 4.78 is 0. The lowest BCUT2D eigenvalue weighted by Gasteiger charge is -2.38. The molecule has 3 aromatic rings. The van der Waals surface area contributed by atoms with Crippen LogP contribution < -0.4 is 5.56 Å². The third kappa shape index (κ3) is 3.53. The number of nitrogens with zero attached hydrogens (tertiary/aromatic N) is 2. The molecule has 0 radical (unpaired) electrons. The number of aliphatic hydroxyl groups is 1. The van der Waals surface area contributed by atoms with Crippen molar-refractivity contribution in [2.75, 3.05) is 13.1 Å². The summed E-state index contributed by atoms with van der Waals surface area (Å²) >= 11 is 5.93. The predicted octanol–water partition coefficient (Wildman–Crippen LogP) is 2.63. The molecular formula is C21H20ClN3O3. The first-order valence-corrected chi connectivity index (χ1v) is 9.57. The van der Waals surface area contributed by atoms with E-state index in [2.05, 4.69) is 10.2 Å². The van der Waals surface area contributed by atoms with Crippen LogP contribution in [0.1, 0.15) is 24.1 Å². The second kappa shape index (κ2) is 7.37. The Kier molecular flexibility index (Phi) is 4.91. The van der Waals surface area contributed by atoms with Gasteiger partial charge in [-0.3, -0.25) is 9.59 Å². The number of nitrogens with one attached hydrogen (secondary N) is 1. The molecule has 7 heteroatoms. The maximum absolute atomic E-state index is 12.8. The summed E-state index contributed by atoms with van der Waals surface area (Å²) in [5.41, 5.74) is 0.151. The second-order valence-corrected chi connectivity index (χ2v) is 7.58. The highest BCUT2D eigenvalue weighted by Crippen LogP contribution is 2.33. The number of halogens is 1. The van der Waals surface area contributed by atoms with Gasteiger partial charge in [0.15, 0.2) is 0 Å². The van der Waals surface area contributed by atoms with Crippen LogP contribution in [0.25, 0.3) is 10.8 Å². The Balaban J connectivity index is 1.47. The van der Waals surface area contributed by atoms with Crippen LogP contribution in [0.5, 0.6) is 0 Å². The molecule has 1 aliphatic rings. The zero-order valence-electron chi connectivity index (χ0n) is 15.2. The Morgan fingerprint density at radius 3 is 2.43 bits per heavy atom. The molecule has 1 aromatic heterocycles. The molecule has 0 unspecified atom stereocenters. The van der Waals surface area contributed by atoms with Crippen LogP contribution in [0.3, 0.4) is 0 Å². The van der Waals surface area contributed by atoms with Gasteiger partial charge in [-0.2, -0.15) is 5.10 Å². The van der Waals surface area contributed by atoms with Crippen LogP contribution in [0, 0.1) is 0 Å². The first kappa shape index (κ1) is 18.7. The normalized spacial score (nSPS) is 16.3. The van der Waals surface area contributed by atoms with Gasteiger partial charge in [0.25, 0.3) is 5.56 Å². The zero-order valence-corrected chi connectivity index (χ0v) is 15.9. The molecule has 144 valence electrons. The number of carbonyl (C=O) groups excluding carboxylic acids is 1. The molecule has 0 bridgehead atoms. The summed E-state index contributed by atoms with van der Waals surface area (Å²) in [6, 6.07) is 14.3. The Hall–Kier alpha value is -2.70. The number of H-pyrrole nitrogens is 1. The van der Waals surface area contributed by atoms with Gasteiger partial charge in [0, 0.05) is 23.5 Å². The SMILES string of the molecule is O=C(Cc1n[nH]c(=O)c2ccccc12)N1CCC(O)(c2ccc(Cl)cc2)CC1. The van der Waals surface area contributed by atoms with E-state index >= 15 is 0 Å². The van der Waals surface area contributed by atoms with Gasteiger partial charge >= 0.3 is 0 Å². The molecule has 1 fully saturated rings. The van der Waals surface area contributed by atoms with Gasteiger partial charge < -0.3 is 10.0 Å². The van der Waals surface area contributed by atoms with Crippen LogP contribution in [0.2, 0.25) is 5.02 Å². The number of hydrogen-bond donors (Lipinski definition) is 2. The van der Waals surface area contributed by atoms with Crippen molar-refractivity contribution in [1.29, 1.82) is 0 Å². The van der Waals surface area contributed by atoms with E-state index in [-0.39, 0.29) is 17.9 Å². The molecule has 2 N–H and O–H groups in total. The number of piperidine rings is 1. The lowest BCUT2D eigenvalue weighted by molar-refractivity contribution is -0.135. The van der Waals surface area contributed by atoms with Crippen molar-refractivity contribution in [2.45, 2.75) is 24.9 Å². The Morgan fingerprint density at radius 1 is 1.11 bits per heavy atom. The second-order valence-electron chi connectivity index (χ2n) is 7.14. The number of hydrogen-bond acceptors (Lipinski definition) is 4. The molecule has 1 aliphatic heterocycles. The highest BCUT2D eigenvalue weighted by Gasteiger charge is 2.35. The molecule has 1 amide bonds. The van der Waals surface area contributed by atoms with E-state index in [4.69, 9.17) is 11.6 Å². The standard InChI is InChI=1S/C21H20ClN3O3/c22-15-7-5-14(6-8-15)21(28)9-11-25(12-10-21)19(26)13-18-16-3-1-2-4-17(16)20(27)24-23-18/h1-8,28H,9-13H2,(H,24,27). The smallest absolute Gasteiger partial charge is 0.272 e. The van der Waals surface area contributed by atoms with E-state index in [1.54, 1.807) is 35.2 Å². The van der Waals surface area contributed by atoms with Gasteiger partial charge in [0.05, 0.1) is 23.1 Å². The van der Waals surface area contributed by atoms with Crippen molar-refractivity contribution in [3.05, 3.63) is 75.2 Å². The number of likely N-dealkylation sites (tertiary alicyclic amines) is 1. The van der Waals surface area contributed by atoms with Gasteiger partial charge in [-0.05, 0) is 36.6 Å². The van der Waals surface area contributed by atoms with Gasteiger partial charge in [-0.15, -0.1) is 0 Å². The van der Waals surface area contributed by atoms with E-state index in [0.717, 1.165) is 5.56 Å². The summed E-state index contributed by atoms with van der Waals surface area (Å²) in [7, 11) is 0. The van der Waals surface area contributed by atoms with Crippen molar-refractivity contribution in [1.82, 2.24) is 15.1 Å². The van der Waals surface area contributed by atoms with Crippen LogP contribution >= 0.6 is 11.6 Å². The minimum atomic E-state index is -0.954. The van der Waals surface area contributed by atoms with Crippen molar-refractivity contribution in [3.8, 4) is 0 Å². The van der Waals surface area contributed by atoms with Crippen LogP contribution in [0.15, 0.2) is 53.3 Å². The first-order valence-electron chi connectivity index (χ1n) is 9.19. The quantitative estimate of drug-likeness (QED) is 0.711. The average molecular weight is 398 g/mol. The Morgan fingerprint density at radius 2 is 1.75 bits per heavy atom. The zero-order chi connectivity index (χ0) is 19.7. The summed E-state index contributed by atoms with van der Waals surface area (Å²) in [6.07, 6.45) is 1.02. The van der Waals surface area contributed by atoms with Crippen LogP contribution in [-0.4, -0.2) is 39.2 Å². The maximum atomic E-state index is 12.8. The van der Waals surface area contributed by atoms with Crippen molar-refractivity contribution in [3.63, 3.8) is 0 Å². The molecular weight excluding hydrogens is 378 g/mol. The molecule has 0 saturated carbocycles. The molecule has 4 rings (SSSR count). The number of carbonyl (C=O) groups is 1. The minimum absolute atomic E-state index is 0.0668. The number of amides is 1. The molecule has 1 saturated heterocycles.